The molecule has 0 aliphatic carbocycles. The van der Waals surface area contributed by atoms with Crippen LogP contribution >= 0.6 is 0 Å². The Balaban J connectivity index is 1.81. The van der Waals surface area contributed by atoms with Gasteiger partial charge in [0.15, 0.2) is 17.1 Å². The number of aromatic hydroxyl groups is 4. The van der Waals surface area contributed by atoms with Crippen LogP contribution < -0.4 is 10.2 Å². The van der Waals surface area contributed by atoms with Gasteiger partial charge < -0.3 is 54.7 Å². The second kappa shape index (κ2) is 8.42. The predicted molar refractivity (Wildman–Crippen MR) is 109 cm³/mol. The van der Waals surface area contributed by atoms with Crippen molar-refractivity contribution in [1.29, 1.82) is 0 Å². The van der Waals surface area contributed by atoms with Crippen molar-refractivity contribution < 1.29 is 54.7 Å². The molecular formula is C21H20O12. The summed E-state index contributed by atoms with van der Waals surface area (Å²) in [6, 6.07) is 6.02. The van der Waals surface area contributed by atoms with E-state index in [1.807, 2.05) is 0 Å². The quantitative estimate of drug-likeness (QED) is 0.229. The van der Waals surface area contributed by atoms with Gasteiger partial charge in [-0.2, -0.15) is 0 Å². The van der Waals surface area contributed by atoms with E-state index in [0.717, 1.165) is 6.07 Å². The highest BCUT2D eigenvalue weighted by molar-refractivity contribution is 5.93. The summed E-state index contributed by atoms with van der Waals surface area (Å²) in [5.74, 6) is -3.40. The van der Waals surface area contributed by atoms with E-state index in [2.05, 4.69) is 0 Å². The molecule has 1 aromatic heterocycles. The fourth-order valence-corrected chi connectivity index (χ4v) is 3.49. The molecule has 8 N–H and O–H groups in total. The SMILES string of the molecule is O=c1c(O)c(-c2ccc(O)cc2)oc2c(O)c(OC3OC(CO)C(O)C(O)C3O)cc(O)c12. The first-order valence-corrected chi connectivity index (χ1v) is 9.65. The van der Waals surface area contributed by atoms with Crippen molar-refractivity contribution in [1.82, 2.24) is 0 Å². The second-order valence-corrected chi connectivity index (χ2v) is 7.42. The van der Waals surface area contributed by atoms with Gasteiger partial charge in [0.05, 0.1) is 6.61 Å². The Labute approximate surface area is 184 Å². The van der Waals surface area contributed by atoms with E-state index in [9.17, 15) is 45.6 Å². The number of phenolic OH excluding ortho intramolecular Hbond substituents is 3. The van der Waals surface area contributed by atoms with Crippen molar-refractivity contribution in [3.8, 4) is 40.1 Å². The molecule has 12 heteroatoms. The summed E-state index contributed by atoms with van der Waals surface area (Å²) in [6.45, 7) is -0.718. The smallest absolute Gasteiger partial charge is 0.238 e. The molecule has 5 atom stereocenters. The Bertz CT molecular complexity index is 1230. The van der Waals surface area contributed by atoms with Gasteiger partial charge in [-0.25, -0.2) is 0 Å². The zero-order valence-corrected chi connectivity index (χ0v) is 16.7. The maximum absolute atomic E-state index is 12.7. The third kappa shape index (κ3) is 3.79. The van der Waals surface area contributed by atoms with Gasteiger partial charge in [0.2, 0.25) is 23.2 Å². The van der Waals surface area contributed by atoms with E-state index in [0.29, 0.717) is 0 Å². The zero-order chi connectivity index (χ0) is 24.0. The Morgan fingerprint density at radius 3 is 2.21 bits per heavy atom. The van der Waals surface area contributed by atoms with Gasteiger partial charge in [-0.05, 0) is 24.3 Å². The van der Waals surface area contributed by atoms with Crippen molar-refractivity contribution in [3.63, 3.8) is 0 Å². The Morgan fingerprint density at radius 2 is 1.58 bits per heavy atom. The van der Waals surface area contributed by atoms with Crippen LogP contribution in [0.3, 0.4) is 0 Å². The molecule has 12 nitrogen and oxygen atoms in total. The fourth-order valence-electron chi connectivity index (χ4n) is 3.49. The van der Waals surface area contributed by atoms with Crippen LogP contribution in [0.2, 0.25) is 0 Å². The summed E-state index contributed by atoms with van der Waals surface area (Å²) >= 11 is 0. The third-order valence-corrected chi connectivity index (χ3v) is 5.28. The Morgan fingerprint density at radius 1 is 0.909 bits per heavy atom. The zero-order valence-electron chi connectivity index (χ0n) is 16.7. The fraction of sp³-hybridized carbons (Fsp3) is 0.286. The highest BCUT2D eigenvalue weighted by atomic mass is 16.7. The lowest BCUT2D eigenvalue weighted by Crippen LogP contribution is -2.60. The minimum absolute atomic E-state index is 0.0860. The van der Waals surface area contributed by atoms with E-state index in [1.165, 1.54) is 24.3 Å². The number of fused-ring (bicyclic) bond motifs is 1. The van der Waals surface area contributed by atoms with Crippen molar-refractivity contribution in [2.75, 3.05) is 6.61 Å². The van der Waals surface area contributed by atoms with E-state index in [4.69, 9.17) is 13.9 Å². The average molecular weight is 464 g/mol. The van der Waals surface area contributed by atoms with Gasteiger partial charge in [0, 0.05) is 11.6 Å². The molecule has 1 aliphatic rings. The van der Waals surface area contributed by atoms with Crippen LogP contribution in [0.5, 0.6) is 28.7 Å². The number of aliphatic hydroxyl groups excluding tert-OH is 4. The van der Waals surface area contributed by atoms with Crippen LogP contribution in [0.4, 0.5) is 0 Å². The molecule has 5 unspecified atom stereocenters. The molecule has 33 heavy (non-hydrogen) atoms. The Hall–Kier alpha value is -3.55. The van der Waals surface area contributed by atoms with E-state index in [1.54, 1.807) is 0 Å². The third-order valence-electron chi connectivity index (χ3n) is 5.28. The molecule has 0 spiro atoms. The maximum atomic E-state index is 12.7. The first-order valence-electron chi connectivity index (χ1n) is 9.65. The highest BCUT2D eigenvalue weighted by Crippen LogP contribution is 2.43. The average Bonchev–Trinajstić information content (AvgIpc) is 2.79. The summed E-state index contributed by atoms with van der Waals surface area (Å²) in [4.78, 5) is 12.7. The van der Waals surface area contributed by atoms with Gasteiger partial charge in [-0.1, -0.05) is 0 Å². The predicted octanol–water partition coefficient (Wildman–Crippen LogP) is -0.539. The van der Waals surface area contributed by atoms with Crippen molar-refractivity contribution in [3.05, 3.63) is 40.6 Å². The maximum Gasteiger partial charge on any atom is 0.238 e. The van der Waals surface area contributed by atoms with Crippen LogP contribution in [0.25, 0.3) is 22.3 Å². The van der Waals surface area contributed by atoms with Crippen LogP contribution in [0.15, 0.2) is 39.5 Å². The number of phenols is 3. The summed E-state index contributed by atoms with van der Waals surface area (Å²) in [5, 5.41) is 79.4. The first-order chi connectivity index (χ1) is 15.6. The topological polar surface area (TPSA) is 211 Å². The van der Waals surface area contributed by atoms with Crippen molar-refractivity contribution >= 4 is 11.0 Å². The minimum Gasteiger partial charge on any atom is -0.508 e. The molecule has 0 amide bonds. The first kappa shape index (κ1) is 22.6. The van der Waals surface area contributed by atoms with Crippen LogP contribution in [0, 0.1) is 0 Å². The molecule has 176 valence electrons. The molecule has 1 fully saturated rings. The number of benzene rings is 2. The molecule has 0 saturated carbocycles. The molecule has 2 heterocycles. The number of ether oxygens (including phenoxy) is 2. The lowest BCUT2D eigenvalue weighted by atomic mass is 9.99. The summed E-state index contributed by atoms with van der Waals surface area (Å²) in [5.41, 5.74) is -1.46. The monoisotopic (exact) mass is 464 g/mol. The van der Waals surface area contributed by atoms with Crippen molar-refractivity contribution in [2.45, 2.75) is 30.7 Å². The van der Waals surface area contributed by atoms with Gasteiger partial charge >= 0.3 is 0 Å². The van der Waals surface area contributed by atoms with E-state index < -0.39 is 76.7 Å². The lowest BCUT2D eigenvalue weighted by molar-refractivity contribution is -0.277. The summed E-state index contributed by atoms with van der Waals surface area (Å²) in [7, 11) is 0. The number of hydrogen-bond donors (Lipinski definition) is 8. The second-order valence-electron chi connectivity index (χ2n) is 7.42. The van der Waals surface area contributed by atoms with Gasteiger partial charge in [-0.3, -0.25) is 4.79 Å². The molecule has 1 saturated heterocycles. The van der Waals surface area contributed by atoms with Gasteiger partial charge in [0.25, 0.3) is 0 Å². The molecule has 0 bridgehead atoms. The van der Waals surface area contributed by atoms with Gasteiger partial charge in [0.1, 0.15) is 41.3 Å². The largest absolute Gasteiger partial charge is 0.508 e. The molecule has 4 rings (SSSR count). The van der Waals surface area contributed by atoms with E-state index >= 15 is 0 Å². The van der Waals surface area contributed by atoms with Gasteiger partial charge in [-0.15, -0.1) is 0 Å². The minimum atomic E-state index is -1.81. The standard InChI is InChI=1S/C21H20O12/c22-6-11-13(25)16(28)18(30)21(32-11)31-10-5-9(24)12-15(27)17(29)19(33-20(12)14(10)26)7-1-3-8(23)4-2-7/h1-5,11,13,16,18,21-26,28-30H,6H2. The summed E-state index contributed by atoms with van der Waals surface area (Å²) < 4.78 is 16.0. The number of rotatable bonds is 4. The summed E-state index contributed by atoms with van der Waals surface area (Å²) in [6.07, 6.45) is -8.19. The van der Waals surface area contributed by atoms with E-state index in [-0.39, 0.29) is 17.1 Å². The molecule has 2 aromatic carbocycles. The number of hydrogen-bond acceptors (Lipinski definition) is 12. The molecule has 0 radical (unpaired) electrons. The molecule has 1 aliphatic heterocycles. The number of aliphatic hydroxyl groups is 4. The van der Waals surface area contributed by atoms with Crippen LogP contribution in [-0.4, -0.2) is 78.2 Å². The lowest BCUT2D eigenvalue weighted by Gasteiger charge is -2.39. The van der Waals surface area contributed by atoms with Crippen molar-refractivity contribution in [2.24, 2.45) is 0 Å². The molecule has 3 aromatic rings. The Kier molecular flexibility index (Phi) is 5.78. The highest BCUT2D eigenvalue weighted by Gasteiger charge is 2.45. The normalized spacial score (nSPS) is 25.3. The van der Waals surface area contributed by atoms with Crippen LogP contribution in [-0.2, 0) is 4.74 Å². The molecular weight excluding hydrogens is 444 g/mol. The van der Waals surface area contributed by atoms with Crippen LogP contribution in [0.1, 0.15) is 0 Å².